The summed E-state index contributed by atoms with van der Waals surface area (Å²) in [6, 6.07) is 3.34. The molecular formula is C10H13NO2S. The van der Waals surface area contributed by atoms with E-state index in [1.165, 1.54) is 11.8 Å². The van der Waals surface area contributed by atoms with Crippen LogP contribution in [0.2, 0.25) is 0 Å². The fourth-order valence-electron chi connectivity index (χ4n) is 1.00. The zero-order valence-electron chi connectivity index (χ0n) is 8.28. The van der Waals surface area contributed by atoms with Crippen LogP contribution < -0.4 is 0 Å². The average molecular weight is 211 g/mol. The first-order chi connectivity index (χ1) is 6.65. The van der Waals surface area contributed by atoms with Crippen molar-refractivity contribution in [2.75, 3.05) is 5.75 Å². The largest absolute Gasteiger partial charge is 0.478 e. The van der Waals surface area contributed by atoms with E-state index in [4.69, 9.17) is 5.11 Å². The normalized spacial score (nSPS) is 10.1. The van der Waals surface area contributed by atoms with E-state index < -0.39 is 5.97 Å². The van der Waals surface area contributed by atoms with Gasteiger partial charge in [-0.2, -0.15) is 0 Å². The van der Waals surface area contributed by atoms with Gasteiger partial charge >= 0.3 is 5.97 Å². The standard InChI is InChI=1S/C10H13NO2S/c1-3-6-14-9-8(10(12)13)5-4-7(2)11-9/h4-5H,3,6H2,1-2H3,(H,12,13). The topological polar surface area (TPSA) is 50.2 Å². The second kappa shape index (κ2) is 5.00. The van der Waals surface area contributed by atoms with Crippen molar-refractivity contribution in [2.24, 2.45) is 0 Å². The van der Waals surface area contributed by atoms with Crippen LogP contribution in [-0.4, -0.2) is 21.8 Å². The van der Waals surface area contributed by atoms with E-state index in [9.17, 15) is 4.79 Å². The number of pyridine rings is 1. The molecule has 0 radical (unpaired) electrons. The summed E-state index contributed by atoms with van der Waals surface area (Å²) in [6.45, 7) is 3.92. The van der Waals surface area contributed by atoms with Crippen molar-refractivity contribution >= 4 is 17.7 Å². The Morgan fingerprint density at radius 3 is 2.86 bits per heavy atom. The highest BCUT2D eigenvalue weighted by Gasteiger charge is 2.11. The van der Waals surface area contributed by atoms with Gasteiger partial charge < -0.3 is 5.11 Å². The lowest BCUT2D eigenvalue weighted by atomic mass is 10.2. The number of aromatic carboxylic acids is 1. The van der Waals surface area contributed by atoms with Crippen LogP contribution >= 0.6 is 11.8 Å². The first kappa shape index (κ1) is 11.0. The molecule has 0 aliphatic rings. The molecule has 0 bridgehead atoms. The Kier molecular flexibility index (Phi) is 3.95. The van der Waals surface area contributed by atoms with Crippen LogP contribution in [0.1, 0.15) is 29.4 Å². The van der Waals surface area contributed by atoms with Crippen LogP contribution in [0, 0.1) is 6.92 Å². The zero-order valence-corrected chi connectivity index (χ0v) is 9.10. The Labute approximate surface area is 87.6 Å². The van der Waals surface area contributed by atoms with Gasteiger partial charge in [0.1, 0.15) is 5.03 Å². The molecule has 4 heteroatoms. The van der Waals surface area contributed by atoms with E-state index in [0.717, 1.165) is 17.9 Å². The smallest absolute Gasteiger partial charge is 0.338 e. The molecule has 1 N–H and O–H groups in total. The van der Waals surface area contributed by atoms with Gasteiger partial charge in [0.05, 0.1) is 5.56 Å². The predicted octanol–water partition coefficient (Wildman–Crippen LogP) is 2.59. The maximum absolute atomic E-state index is 10.8. The molecule has 0 unspecified atom stereocenters. The number of hydrogen-bond acceptors (Lipinski definition) is 3. The Hall–Kier alpha value is -1.03. The van der Waals surface area contributed by atoms with Crippen LogP contribution in [0.4, 0.5) is 0 Å². The molecule has 3 nitrogen and oxygen atoms in total. The average Bonchev–Trinajstić information content (AvgIpc) is 2.14. The SMILES string of the molecule is CCCSc1nc(C)ccc1C(=O)O. The van der Waals surface area contributed by atoms with Gasteiger partial charge in [0, 0.05) is 5.69 Å². The van der Waals surface area contributed by atoms with E-state index in [-0.39, 0.29) is 0 Å². The van der Waals surface area contributed by atoms with E-state index in [0.29, 0.717) is 10.6 Å². The summed E-state index contributed by atoms with van der Waals surface area (Å²) in [4.78, 5) is 15.1. The van der Waals surface area contributed by atoms with Crippen molar-refractivity contribution in [1.29, 1.82) is 0 Å². The van der Waals surface area contributed by atoms with E-state index in [1.54, 1.807) is 12.1 Å². The highest BCUT2D eigenvalue weighted by molar-refractivity contribution is 7.99. The summed E-state index contributed by atoms with van der Waals surface area (Å²) < 4.78 is 0. The number of carboxylic acid groups (broad SMARTS) is 1. The van der Waals surface area contributed by atoms with E-state index in [2.05, 4.69) is 11.9 Å². The van der Waals surface area contributed by atoms with Crippen LogP contribution in [0.3, 0.4) is 0 Å². The summed E-state index contributed by atoms with van der Waals surface area (Å²) in [5, 5.41) is 9.53. The van der Waals surface area contributed by atoms with Crippen molar-refractivity contribution < 1.29 is 9.90 Å². The summed E-state index contributed by atoms with van der Waals surface area (Å²) >= 11 is 1.50. The number of nitrogens with zero attached hydrogens (tertiary/aromatic N) is 1. The minimum Gasteiger partial charge on any atom is -0.478 e. The van der Waals surface area contributed by atoms with Crippen molar-refractivity contribution in [3.8, 4) is 0 Å². The van der Waals surface area contributed by atoms with Crippen molar-refractivity contribution in [3.05, 3.63) is 23.4 Å². The summed E-state index contributed by atoms with van der Waals surface area (Å²) in [7, 11) is 0. The van der Waals surface area contributed by atoms with Crippen molar-refractivity contribution in [1.82, 2.24) is 4.98 Å². The first-order valence-electron chi connectivity index (χ1n) is 4.49. The van der Waals surface area contributed by atoms with Gasteiger partial charge in [-0.15, -0.1) is 11.8 Å². The summed E-state index contributed by atoms with van der Waals surface area (Å²) in [5.74, 6) is -0.00685. The molecule has 1 rings (SSSR count). The number of thioether (sulfide) groups is 1. The number of aromatic nitrogens is 1. The van der Waals surface area contributed by atoms with Gasteiger partial charge in [0.2, 0.25) is 0 Å². The van der Waals surface area contributed by atoms with Crippen LogP contribution in [0.15, 0.2) is 17.2 Å². The quantitative estimate of drug-likeness (QED) is 0.778. The second-order valence-corrected chi connectivity index (χ2v) is 4.04. The van der Waals surface area contributed by atoms with Gasteiger partial charge in [0.15, 0.2) is 0 Å². The predicted molar refractivity (Wildman–Crippen MR) is 56.9 cm³/mol. The highest BCUT2D eigenvalue weighted by atomic mass is 32.2. The lowest BCUT2D eigenvalue weighted by molar-refractivity contribution is 0.0692. The molecule has 1 heterocycles. The molecule has 0 saturated heterocycles. The minimum atomic E-state index is -0.906. The fraction of sp³-hybridized carbons (Fsp3) is 0.400. The van der Waals surface area contributed by atoms with Gasteiger partial charge in [-0.25, -0.2) is 9.78 Å². The molecule has 0 fully saturated rings. The third-order valence-corrected chi connectivity index (χ3v) is 2.87. The van der Waals surface area contributed by atoms with E-state index in [1.807, 2.05) is 6.92 Å². The monoisotopic (exact) mass is 211 g/mol. The second-order valence-electron chi connectivity index (χ2n) is 2.96. The third-order valence-electron chi connectivity index (χ3n) is 1.67. The molecule has 0 saturated carbocycles. The number of carboxylic acids is 1. The molecule has 1 aromatic rings. The molecule has 14 heavy (non-hydrogen) atoms. The van der Waals surface area contributed by atoms with Gasteiger partial charge in [-0.3, -0.25) is 0 Å². The summed E-state index contributed by atoms with van der Waals surface area (Å²) in [6.07, 6.45) is 1.01. The number of carbonyl (C=O) groups is 1. The third kappa shape index (κ3) is 2.73. The maximum atomic E-state index is 10.8. The lowest BCUT2D eigenvalue weighted by Crippen LogP contribution is -2.01. The number of rotatable bonds is 4. The molecule has 76 valence electrons. The van der Waals surface area contributed by atoms with Crippen LogP contribution in [-0.2, 0) is 0 Å². The molecule has 1 aromatic heterocycles. The zero-order chi connectivity index (χ0) is 10.6. The fourth-order valence-corrected chi connectivity index (χ4v) is 1.92. The van der Waals surface area contributed by atoms with Crippen molar-refractivity contribution in [2.45, 2.75) is 25.3 Å². The molecule has 0 atom stereocenters. The van der Waals surface area contributed by atoms with Crippen LogP contribution in [0.25, 0.3) is 0 Å². The highest BCUT2D eigenvalue weighted by Crippen LogP contribution is 2.21. The van der Waals surface area contributed by atoms with Gasteiger partial charge in [-0.05, 0) is 31.2 Å². The Balaban J connectivity index is 2.97. The van der Waals surface area contributed by atoms with Gasteiger partial charge in [-0.1, -0.05) is 6.92 Å². The van der Waals surface area contributed by atoms with Gasteiger partial charge in [0.25, 0.3) is 0 Å². The molecule has 0 amide bonds. The maximum Gasteiger partial charge on any atom is 0.338 e. The van der Waals surface area contributed by atoms with Crippen LogP contribution in [0.5, 0.6) is 0 Å². The van der Waals surface area contributed by atoms with E-state index >= 15 is 0 Å². The lowest BCUT2D eigenvalue weighted by Gasteiger charge is -2.04. The molecule has 0 aliphatic heterocycles. The molecule has 0 aliphatic carbocycles. The Morgan fingerprint density at radius 1 is 1.57 bits per heavy atom. The summed E-state index contributed by atoms with van der Waals surface area (Å²) in [5.41, 5.74) is 1.16. The molecule has 0 aromatic carbocycles. The Bertz CT molecular complexity index is 339. The van der Waals surface area contributed by atoms with Crippen molar-refractivity contribution in [3.63, 3.8) is 0 Å². The first-order valence-corrected chi connectivity index (χ1v) is 5.47. The molecular weight excluding hydrogens is 198 g/mol. The minimum absolute atomic E-state index is 0.300. The number of hydrogen-bond donors (Lipinski definition) is 1. The molecule has 0 spiro atoms. The number of aryl methyl sites for hydroxylation is 1. The Morgan fingerprint density at radius 2 is 2.29 bits per heavy atom.